The van der Waals surface area contributed by atoms with Crippen LogP contribution in [-0.4, -0.2) is 158 Å². The van der Waals surface area contributed by atoms with E-state index in [9.17, 15) is 46.0 Å². The number of aliphatic hydroxyl groups excluding tert-OH is 9. The molecule has 10 N–H and O–H groups in total. The van der Waals surface area contributed by atoms with Gasteiger partial charge in [-0.3, -0.25) is 4.84 Å². The summed E-state index contributed by atoms with van der Waals surface area (Å²) in [5.41, 5.74) is 2.46. The zero-order valence-corrected chi connectivity index (χ0v) is 19.0. The minimum atomic E-state index is -1.74. The third-order valence-corrected chi connectivity index (χ3v) is 6.37. The zero-order chi connectivity index (χ0) is 26.0. The molecule has 3 saturated heterocycles. The molecule has 0 aromatic carbocycles. The Kier molecular flexibility index (Phi) is 10.1. The molecule has 0 amide bonds. The SMILES string of the molecule is CO[C@H]1O[C@H](C)[C@@H](NO[C@@H]2O[C@H](CO)[C@@H](O)[C@H](O)[C@H]2O)[C@H](O)[C@H]1O[C@@H]1O[C@H](CO)[C@@H](O)[C@H](O)[C@H]1O. The van der Waals surface area contributed by atoms with Crippen LogP contribution in [0.3, 0.4) is 0 Å². The van der Waals surface area contributed by atoms with Crippen molar-refractivity contribution in [1.82, 2.24) is 5.48 Å². The van der Waals surface area contributed by atoms with Gasteiger partial charge < -0.3 is 69.6 Å². The number of ether oxygens (including phenoxy) is 5. The van der Waals surface area contributed by atoms with E-state index in [1.165, 1.54) is 7.11 Å². The molecule has 3 heterocycles. The van der Waals surface area contributed by atoms with Gasteiger partial charge in [0.2, 0.25) is 6.29 Å². The Labute approximate surface area is 200 Å². The summed E-state index contributed by atoms with van der Waals surface area (Å²) in [7, 11) is 1.27. The van der Waals surface area contributed by atoms with Gasteiger partial charge in [-0.15, -0.1) is 0 Å². The van der Waals surface area contributed by atoms with Crippen LogP contribution in [0.25, 0.3) is 0 Å². The van der Waals surface area contributed by atoms with Crippen LogP contribution >= 0.6 is 0 Å². The molecule has 0 aromatic heterocycles. The summed E-state index contributed by atoms with van der Waals surface area (Å²) >= 11 is 0. The van der Waals surface area contributed by atoms with Gasteiger partial charge in [-0.05, 0) is 6.92 Å². The standard InChI is InChI=1S/C19H35NO15/c1-5-8(20-35-18-15(29)13(27)10(24)7(4-22)33-18)11(25)16(19(30-2)31-5)34-17-14(28)12(26)9(23)6(3-21)32-17/h5-29H,3-4H2,1-2H3/t5-,6-,7-,8-,9-,10-,11+,12+,13+,14-,15-,16-,17+,18+,19+/m1/s1. The second kappa shape index (κ2) is 12.3. The molecule has 3 aliphatic rings. The van der Waals surface area contributed by atoms with Gasteiger partial charge >= 0.3 is 0 Å². The maximum absolute atomic E-state index is 11.0. The summed E-state index contributed by atoms with van der Waals surface area (Å²) in [4.78, 5) is 5.29. The van der Waals surface area contributed by atoms with Crippen LogP contribution in [0, 0.1) is 0 Å². The van der Waals surface area contributed by atoms with Gasteiger partial charge in [0.05, 0.1) is 25.4 Å². The van der Waals surface area contributed by atoms with Crippen molar-refractivity contribution in [3.8, 4) is 0 Å². The first-order chi connectivity index (χ1) is 16.5. The molecule has 0 aromatic rings. The van der Waals surface area contributed by atoms with Crippen LogP contribution in [0.4, 0.5) is 0 Å². The molecule has 0 saturated carbocycles. The summed E-state index contributed by atoms with van der Waals surface area (Å²) in [6, 6.07) is -1.08. The third kappa shape index (κ3) is 5.93. The van der Waals surface area contributed by atoms with Crippen LogP contribution in [0.1, 0.15) is 6.92 Å². The van der Waals surface area contributed by atoms with Gasteiger partial charge in [-0.2, -0.15) is 5.48 Å². The lowest BCUT2D eigenvalue weighted by Crippen LogP contribution is -2.67. The molecule has 0 aliphatic carbocycles. The Morgan fingerprint density at radius 2 is 1.17 bits per heavy atom. The fraction of sp³-hybridized carbons (Fsp3) is 1.00. The number of methoxy groups -OCH3 is 1. The molecular formula is C19H35NO15. The minimum absolute atomic E-state index is 0.666. The van der Waals surface area contributed by atoms with E-state index in [0.29, 0.717) is 0 Å². The average molecular weight is 517 g/mol. The average Bonchev–Trinajstić information content (AvgIpc) is 2.85. The number of rotatable bonds is 8. The summed E-state index contributed by atoms with van der Waals surface area (Å²) in [6.07, 6.45) is -20.5. The third-order valence-electron chi connectivity index (χ3n) is 6.37. The molecule has 0 unspecified atom stereocenters. The van der Waals surface area contributed by atoms with Crippen LogP contribution in [0.2, 0.25) is 0 Å². The fourth-order valence-electron chi connectivity index (χ4n) is 4.16. The normalized spacial score (nSPS) is 51.3. The van der Waals surface area contributed by atoms with Crippen LogP contribution < -0.4 is 5.48 Å². The quantitative estimate of drug-likeness (QED) is 0.134. The van der Waals surface area contributed by atoms with Gasteiger partial charge in [0.15, 0.2) is 12.6 Å². The van der Waals surface area contributed by atoms with Crippen molar-refractivity contribution in [3.05, 3.63) is 0 Å². The maximum atomic E-state index is 11.0. The summed E-state index contributed by atoms with van der Waals surface area (Å²) in [5, 5.41) is 89.7. The van der Waals surface area contributed by atoms with Crippen LogP contribution in [0.15, 0.2) is 0 Å². The largest absolute Gasteiger partial charge is 0.394 e. The fourth-order valence-corrected chi connectivity index (χ4v) is 4.16. The Bertz CT molecular complexity index is 658. The number of hydrogen-bond donors (Lipinski definition) is 10. The van der Waals surface area contributed by atoms with Crippen molar-refractivity contribution in [3.63, 3.8) is 0 Å². The first-order valence-electron chi connectivity index (χ1n) is 11.1. The molecule has 206 valence electrons. The molecule has 3 rings (SSSR count). The Hall–Kier alpha value is -0.640. The lowest BCUT2D eigenvalue weighted by Gasteiger charge is -2.47. The highest BCUT2D eigenvalue weighted by atomic mass is 16.8. The highest BCUT2D eigenvalue weighted by molar-refractivity contribution is 4.95. The Morgan fingerprint density at radius 1 is 0.657 bits per heavy atom. The van der Waals surface area contributed by atoms with Crippen LogP contribution in [-0.2, 0) is 28.5 Å². The monoisotopic (exact) mass is 517 g/mol. The van der Waals surface area contributed by atoms with E-state index in [4.69, 9.17) is 28.5 Å². The molecule has 16 heteroatoms. The molecule has 0 radical (unpaired) electrons. The molecule has 3 fully saturated rings. The summed E-state index contributed by atoms with van der Waals surface area (Å²) < 4.78 is 27.1. The lowest BCUT2D eigenvalue weighted by molar-refractivity contribution is -0.364. The summed E-state index contributed by atoms with van der Waals surface area (Å²) in [6.45, 7) is 0.199. The molecule has 15 atom stereocenters. The number of aliphatic hydroxyl groups is 9. The lowest BCUT2D eigenvalue weighted by atomic mass is 9.96. The van der Waals surface area contributed by atoms with E-state index in [2.05, 4.69) is 5.48 Å². The molecular weight excluding hydrogens is 482 g/mol. The van der Waals surface area contributed by atoms with Crippen molar-refractivity contribution in [2.75, 3.05) is 20.3 Å². The van der Waals surface area contributed by atoms with Crippen molar-refractivity contribution in [1.29, 1.82) is 0 Å². The smallest absolute Gasteiger partial charge is 0.206 e. The number of hydrogen-bond acceptors (Lipinski definition) is 16. The Balaban J connectivity index is 1.69. The molecule has 0 bridgehead atoms. The first kappa shape index (κ1) is 28.9. The molecule has 0 spiro atoms. The van der Waals surface area contributed by atoms with Crippen molar-refractivity contribution in [2.45, 2.75) is 99.0 Å². The number of nitrogens with one attached hydrogen (secondary N) is 1. The molecule has 16 nitrogen and oxygen atoms in total. The van der Waals surface area contributed by atoms with Crippen molar-refractivity contribution in [2.24, 2.45) is 0 Å². The van der Waals surface area contributed by atoms with Crippen molar-refractivity contribution < 1.29 is 74.5 Å². The predicted molar refractivity (Wildman–Crippen MR) is 108 cm³/mol. The van der Waals surface area contributed by atoms with E-state index in [1.54, 1.807) is 6.92 Å². The van der Waals surface area contributed by atoms with E-state index in [-0.39, 0.29) is 0 Å². The van der Waals surface area contributed by atoms with Crippen molar-refractivity contribution >= 4 is 0 Å². The molecule has 35 heavy (non-hydrogen) atoms. The highest BCUT2D eigenvalue weighted by Gasteiger charge is 2.51. The molecule has 3 aliphatic heterocycles. The Morgan fingerprint density at radius 3 is 1.69 bits per heavy atom. The topological polar surface area (TPSA) is 249 Å². The maximum Gasteiger partial charge on any atom is 0.206 e. The minimum Gasteiger partial charge on any atom is -0.394 e. The van der Waals surface area contributed by atoms with Crippen LogP contribution in [0.5, 0.6) is 0 Å². The second-order valence-corrected chi connectivity index (χ2v) is 8.69. The highest BCUT2D eigenvalue weighted by Crippen LogP contribution is 2.30. The van der Waals surface area contributed by atoms with E-state index in [1.807, 2.05) is 0 Å². The first-order valence-corrected chi connectivity index (χ1v) is 11.1. The van der Waals surface area contributed by atoms with Gasteiger partial charge in [0, 0.05) is 7.11 Å². The second-order valence-electron chi connectivity index (χ2n) is 8.69. The zero-order valence-electron chi connectivity index (χ0n) is 19.0. The number of hydroxylamine groups is 1. The van der Waals surface area contributed by atoms with Gasteiger partial charge in [0.1, 0.15) is 61.0 Å². The predicted octanol–water partition coefficient (Wildman–Crippen LogP) is -6.39. The summed E-state index contributed by atoms with van der Waals surface area (Å²) in [5.74, 6) is 0. The van der Waals surface area contributed by atoms with E-state index in [0.717, 1.165) is 0 Å². The van der Waals surface area contributed by atoms with Gasteiger partial charge in [-0.1, -0.05) is 0 Å². The van der Waals surface area contributed by atoms with Gasteiger partial charge in [0.25, 0.3) is 0 Å². The van der Waals surface area contributed by atoms with E-state index >= 15 is 0 Å². The van der Waals surface area contributed by atoms with E-state index < -0.39 is 105 Å². The van der Waals surface area contributed by atoms with Gasteiger partial charge in [-0.25, -0.2) is 0 Å².